The van der Waals surface area contributed by atoms with Crippen molar-refractivity contribution in [2.24, 2.45) is 0 Å². The van der Waals surface area contributed by atoms with Crippen LogP contribution in [0, 0.1) is 0 Å². The van der Waals surface area contributed by atoms with E-state index in [1.54, 1.807) is 6.92 Å². The number of hydrogen-bond acceptors (Lipinski definition) is 3. The van der Waals surface area contributed by atoms with Crippen LogP contribution in [-0.4, -0.2) is 29.2 Å². The Bertz CT molecular complexity index is 78.4. The Labute approximate surface area is 55.3 Å². The van der Waals surface area contributed by atoms with Crippen LogP contribution >= 0.6 is 0 Å². The third-order valence-corrected chi connectivity index (χ3v) is 1.11. The minimum atomic E-state index is -1.19. The smallest absolute Gasteiger partial charge is 0.164 e. The lowest BCUT2D eigenvalue weighted by molar-refractivity contribution is -0.187. The summed E-state index contributed by atoms with van der Waals surface area (Å²) in [4.78, 5) is 0. The molecule has 2 atom stereocenters. The van der Waals surface area contributed by atoms with Crippen molar-refractivity contribution in [3.8, 4) is 0 Å². The molecule has 0 aliphatic heterocycles. The number of aliphatic hydroxyl groups is 2. The molecule has 0 fully saturated rings. The van der Waals surface area contributed by atoms with Crippen molar-refractivity contribution in [2.45, 2.75) is 32.2 Å². The quantitative estimate of drug-likeness (QED) is 0.539. The highest BCUT2D eigenvalue weighted by atomic mass is 16.6. The van der Waals surface area contributed by atoms with E-state index in [4.69, 9.17) is 10.2 Å². The van der Waals surface area contributed by atoms with E-state index >= 15 is 0 Å². The summed E-state index contributed by atoms with van der Waals surface area (Å²) in [5.41, 5.74) is 0. The van der Waals surface area contributed by atoms with Gasteiger partial charge in [0.05, 0.1) is 6.10 Å². The van der Waals surface area contributed by atoms with Crippen molar-refractivity contribution in [1.29, 1.82) is 0 Å². The van der Waals surface area contributed by atoms with E-state index in [2.05, 4.69) is 4.74 Å². The van der Waals surface area contributed by atoms with E-state index in [0.717, 1.165) is 0 Å². The summed E-state index contributed by atoms with van der Waals surface area (Å²) < 4.78 is 4.64. The number of methoxy groups -OCH3 is 1. The molecule has 2 N–H and O–H groups in total. The first-order valence-corrected chi connectivity index (χ1v) is 2.93. The lowest BCUT2D eigenvalue weighted by Gasteiger charge is -2.22. The monoisotopic (exact) mass is 134 g/mol. The highest BCUT2D eigenvalue weighted by Gasteiger charge is 2.20. The van der Waals surface area contributed by atoms with Crippen LogP contribution in [0.3, 0.4) is 0 Å². The van der Waals surface area contributed by atoms with Gasteiger partial charge in [0.25, 0.3) is 0 Å². The van der Waals surface area contributed by atoms with Crippen molar-refractivity contribution in [3.63, 3.8) is 0 Å². The molecule has 0 aromatic rings. The summed E-state index contributed by atoms with van der Waals surface area (Å²) in [7, 11) is 1.41. The number of rotatable bonds is 3. The zero-order chi connectivity index (χ0) is 7.49. The number of hydrogen-bond donors (Lipinski definition) is 2. The van der Waals surface area contributed by atoms with Crippen molar-refractivity contribution in [2.75, 3.05) is 7.11 Å². The second kappa shape index (κ2) is 3.15. The summed E-state index contributed by atoms with van der Waals surface area (Å²) >= 11 is 0. The van der Waals surface area contributed by atoms with Crippen LogP contribution < -0.4 is 0 Å². The fourth-order valence-corrected chi connectivity index (χ4v) is 0.631. The third-order valence-electron chi connectivity index (χ3n) is 1.11. The van der Waals surface area contributed by atoms with Crippen LogP contribution in [0.15, 0.2) is 0 Å². The largest absolute Gasteiger partial charge is 0.393 e. The van der Waals surface area contributed by atoms with Gasteiger partial charge in [-0.1, -0.05) is 0 Å². The van der Waals surface area contributed by atoms with Gasteiger partial charge in [-0.3, -0.25) is 0 Å². The standard InChI is InChI=1S/C6H14O3/c1-5(7)4-6(2,8)9-3/h5,7-8H,4H2,1-3H3. The highest BCUT2D eigenvalue weighted by Crippen LogP contribution is 2.11. The maximum absolute atomic E-state index is 9.11. The molecule has 56 valence electrons. The fraction of sp³-hybridized carbons (Fsp3) is 1.00. The van der Waals surface area contributed by atoms with Crippen LogP contribution in [0.2, 0.25) is 0 Å². The summed E-state index contributed by atoms with van der Waals surface area (Å²) in [6, 6.07) is 0. The van der Waals surface area contributed by atoms with Gasteiger partial charge in [0, 0.05) is 13.5 Å². The van der Waals surface area contributed by atoms with Gasteiger partial charge in [-0.05, 0) is 13.8 Å². The Morgan fingerprint density at radius 3 is 2.22 bits per heavy atom. The van der Waals surface area contributed by atoms with Crippen LogP contribution in [-0.2, 0) is 4.74 Å². The van der Waals surface area contributed by atoms with Gasteiger partial charge in [-0.2, -0.15) is 0 Å². The molecular weight excluding hydrogens is 120 g/mol. The minimum Gasteiger partial charge on any atom is -0.393 e. The molecule has 0 aliphatic rings. The third kappa shape index (κ3) is 4.39. The average molecular weight is 134 g/mol. The van der Waals surface area contributed by atoms with E-state index in [1.165, 1.54) is 14.0 Å². The lowest BCUT2D eigenvalue weighted by atomic mass is 10.1. The predicted octanol–water partition coefficient (Wildman–Crippen LogP) is 0.112. The minimum absolute atomic E-state index is 0.240. The second-order valence-corrected chi connectivity index (χ2v) is 2.43. The molecule has 0 amide bonds. The Morgan fingerprint density at radius 2 is 2.11 bits per heavy atom. The van der Waals surface area contributed by atoms with Gasteiger partial charge in [0.15, 0.2) is 5.79 Å². The van der Waals surface area contributed by atoms with Gasteiger partial charge in [-0.15, -0.1) is 0 Å². The molecule has 3 heteroatoms. The van der Waals surface area contributed by atoms with Gasteiger partial charge < -0.3 is 14.9 Å². The van der Waals surface area contributed by atoms with Gasteiger partial charge >= 0.3 is 0 Å². The van der Waals surface area contributed by atoms with Crippen LogP contribution in [0.4, 0.5) is 0 Å². The SMILES string of the molecule is COC(C)(O)CC(C)O. The molecule has 0 saturated heterocycles. The van der Waals surface area contributed by atoms with Crippen LogP contribution in [0.1, 0.15) is 20.3 Å². The van der Waals surface area contributed by atoms with E-state index in [1.807, 2.05) is 0 Å². The Morgan fingerprint density at radius 1 is 1.67 bits per heavy atom. The molecule has 0 saturated carbocycles. The molecule has 0 aromatic carbocycles. The number of aliphatic hydroxyl groups excluding tert-OH is 1. The maximum Gasteiger partial charge on any atom is 0.164 e. The first-order chi connectivity index (χ1) is 3.98. The summed E-state index contributed by atoms with van der Waals surface area (Å²) in [6.07, 6.45) is -0.288. The topological polar surface area (TPSA) is 49.7 Å². The summed E-state index contributed by atoms with van der Waals surface area (Å²) in [5.74, 6) is -1.19. The molecule has 0 heterocycles. The first kappa shape index (κ1) is 8.88. The second-order valence-electron chi connectivity index (χ2n) is 2.43. The van der Waals surface area contributed by atoms with E-state index in [9.17, 15) is 0 Å². The molecule has 9 heavy (non-hydrogen) atoms. The lowest BCUT2D eigenvalue weighted by Crippen LogP contribution is -2.30. The van der Waals surface area contributed by atoms with Crippen LogP contribution in [0.5, 0.6) is 0 Å². The zero-order valence-corrected chi connectivity index (χ0v) is 6.09. The van der Waals surface area contributed by atoms with Gasteiger partial charge in [0.1, 0.15) is 0 Å². The van der Waals surface area contributed by atoms with Gasteiger partial charge in [-0.25, -0.2) is 0 Å². The maximum atomic E-state index is 9.11. The molecule has 0 bridgehead atoms. The predicted molar refractivity (Wildman–Crippen MR) is 33.9 cm³/mol. The van der Waals surface area contributed by atoms with Crippen molar-refractivity contribution in [1.82, 2.24) is 0 Å². The van der Waals surface area contributed by atoms with Crippen molar-refractivity contribution >= 4 is 0 Å². The molecule has 0 spiro atoms. The molecule has 0 aromatic heterocycles. The Hall–Kier alpha value is -0.120. The van der Waals surface area contributed by atoms with Crippen molar-refractivity contribution < 1.29 is 14.9 Å². The molecule has 0 radical (unpaired) electrons. The average Bonchev–Trinajstić information content (AvgIpc) is 1.63. The Kier molecular flexibility index (Phi) is 3.11. The molecule has 0 aliphatic carbocycles. The molecule has 2 unspecified atom stereocenters. The van der Waals surface area contributed by atoms with Crippen molar-refractivity contribution in [3.05, 3.63) is 0 Å². The highest BCUT2D eigenvalue weighted by molar-refractivity contribution is 4.62. The van der Waals surface area contributed by atoms with E-state index < -0.39 is 11.9 Å². The summed E-state index contributed by atoms with van der Waals surface area (Å²) in [5, 5.41) is 17.9. The normalized spacial score (nSPS) is 21.0. The molecular formula is C6H14O3. The first-order valence-electron chi connectivity index (χ1n) is 2.93. The molecule has 0 rings (SSSR count). The Balaban J connectivity index is 3.58. The van der Waals surface area contributed by atoms with Crippen LogP contribution in [0.25, 0.3) is 0 Å². The molecule has 3 nitrogen and oxygen atoms in total. The van der Waals surface area contributed by atoms with E-state index in [0.29, 0.717) is 0 Å². The number of ether oxygens (including phenoxy) is 1. The van der Waals surface area contributed by atoms with Gasteiger partial charge in [0.2, 0.25) is 0 Å². The van der Waals surface area contributed by atoms with E-state index in [-0.39, 0.29) is 6.42 Å². The summed E-state index contributed by atoms with van der Waals surface area (Å²) in [6.45, 7) is 3.12. The zero-order valence-electron chi connectivity index (χ0n) is 6.09. The fourth-order valence-electron chi connectivity index (χ4n) is 0.631.